The van der Waals surface area contributed by atoms with Gasteiger partial charge in [-0.05, 0) is 50.3 Å². The van der Waals surface area contributed by atoms with E-state index in [1.807, 2.05) is 32.0 Å². The first-order chi connectivity index (χ1) is 11.0. The molecule has 0 radical (unpaired) electrons. The number of carbonyl (C=O) groups is 2. The van der Waals surface area contributed by atoms with Crippen LogP contribution in [0.15, 0.2) is 18.2 Å². The van der Waals surface area contributed by atoms with Crippen molar-refractivity contribution in [2.75, 3.05) is 6.61 Å². The van der Waals surface area contributed by atoms with Gasteiger partial charge in [-0.3, -0.25) is 9.59 Å². The van der Waals surface area contributed by atoms with E-state index in [1.54, 1.807) is 0 Å². The van der Waals surface area contributed by atoms with Crippen LogP contribution in [0, 0.1) is 13.8 Å². The summed E-state index contributed by atoms with van der Waals surface area (Å²) in [5.41, 5.74) is 2.00. The highest BCUT2D eigenvalue weighted by atomic mass is 16.5. The highest BCUT2D eigenvalue weighted by molar-refractivity contribution is 5.73. The fourth-order valence-electron chi connectivity index (χ4n) is 2.14. The molecule has 0 amide bonds. The monoisotopic (exact) mass is 320 g/mol. The Hall–Kier alpha value is -1.84. The van der Waals surface area contributed by atoms with Crippen LogP contribution in [0.1, 0.15) is 63.0 Å². The molecular formula is C19H28O4. The van der Waals surface area contributed by atoms with Gasteiger partial charge in [-0.25, -0.2) is 0 Å². The van der Waals surface area contributed by atoms with Crippen molar-refractivity contribution in [3.05, 3.63) is 29.3 Å². The standard InChI is InChI=1S/C19H28O4/c1-4-5-8-13-22-18(20)9-6-7-10-19(21)23-17-14-15(2)11-12-16(17)3/h11-12,14H,4-10,13H2,1-3H3. The molecule has 0 fully saturated rings. The highest BCUT2D eigenvalue weighted by Crippen LogP contribution is 2.20. The summed E-state index contributed by atoms with van der Waals surface area (Å²) in [5, 5.41) is 0. The number of esters is 2. The predicted octanol–water partition coefficient (Wildman–Crippen LogP) is 4.50. The van der Waals surface area contributed by atoms with E-state index in [1.165, 1.54) is 0 Å². The zero-order valence-corrected chi connectivity index (χ0v) is 14.5. The van der Waals surface area contributed by atoms with Gasteiger partial charge in [0.15, 0.2) is 0 Å². The lowest BCUT2D eigenvalue weighted by atomic mass is 10.1. The summed E-state index contributed by atoms with van der Waals surface area (Å²) in [6.45, 7) is 6.49. The molecule has 0 bridgehead atoms. The zero-order valence-electron chi connectivity index (χ0n) is 14.5. The van der Waals surface area contributed by atoms with Crippen LogP contribution in [-0.4, -0.2) is 18.5 Å². The summed E-state index contributed by atoms with van der Waals surface area (Å²) in [7, 11) is 0. The third-order valence-electron chi connectivity index (χ3n) is 3.59. The maximum Gasteiger partial charge on any atom is 0.311 e. The van der Waals surface area contributed by atoms with E-state index in [0.717, 1.165) is 30.4 Å². The molecule has 0 aromatic heterocycles. The van der Waals surface area contributed by atoms with Crippen molar-refractivity contribution in [1.82, 2.24) is 0 Å². The second-order valence-electron chi connectivity index (χ2n) is 5.88. The van der Waals surface area contributed by atoms with E-state index in [-0.39, 0.29) is 11.9 Å². The van der Waals surface area contributed by atoms with Crippen LogP contribution in [0.5, 0.6) is 5.75 Å². The molecule has 1 aromatic rings. The number of aryl methyl sites for hydroxylation is 2. The van der Waals surface area contributed by atoms with Crippen molar-refractivity contribution in [3.63, 3.8) is 0 Å². The number of rotatable bonds is 10. The van der Waals surface area contributed by atoms with E-state index in [2.05, 4.69) is 6.92 Å². The third kappa shape index (κ3) is 8.38. The molecule has 0 saturated heterocycles. The lowest BCUT2D eigenvalue weighted by Crippen LogP contribution is -2.10. The molecule has 0 atom stereocenters. The minimum atomic E-state index is -0.255. The Labute approximate surface area is 139 Å². The predicted molar refractivity (Wildman–Crippen MR) is 90.5 cm³/mol. The third-order valence-corrected chi connectivity index (χ3v) is 3.59. The van der Waals surface area contributed by atoms with Crippen LogP contribution < -0.4 is 4.74 Å². The van der Waals surface area contributed by atoms with Crippen molar-refractivity contribution < 1.29 is 19.1 Å². The Morgan fingerprint density at radius 2 is 1.65 bits per heavy atom. The molecule has 0 saturated carbocycles. The number of unbranched alkanes of at least 4 members (excludes halogenated alkanes) is 3. The molecule has 0 N–H and O–H groups in total. The van der Waals surface area contributed by atoms with Crippen LogP contribution >= 0.6 is 0 Å². The molecule has 1 aromatic carbocycles. The van der Waals surface area contributed by atoms with E-state index in [4.69, 9.17) is 9.47 Å². The Morgan fingerprint density at radius 1 is 0.957 bits per heavy atom. The molecule has 0 spiro atoms. The SMILES string of the molecule is CCCCCOC(=O)CCCCC(=O)Oc1cc(C)ccc1C. The minimum absolute atomic E-state index is 0.177. The zero-order chi connectivity index (χ0) is 17.1. The molecule has 0 aliphatic carbocycles. The molecule has 4 nitrogen and oxygen atoms in total. The Kier molecular flexibility index (Phi) is 9.03. The van der Waals surface area contributed by atoms with Gasteiger partial charge in [-0.1, -0.05) is 31.9 Å². The molecular weight excluding hydrogens is 292 g/mol. The Bertz CT molecular complexity index is 508. The van der Waals surface area contributed by atoms with Crippen molar-refractivity contribution in [1.29, 1.82) is 0 Å². The van der Waals surface area contributed by atoms with Gasteiger partial charge in [0.05, 0.1) is 6.61 Å². The van der Waals surface area contributed by atoms with Crippen molar-refractivity contribution >= 4 is 11.9 Å². The van der Waals surface area contributed by atoms with Crippen LogP contribution in [0.2, 0.25) is 0 Å². The Morgan fingerprint density at radius 3 is 2.35 bits per heavy atom. The second kappa shape index (κ2) is 10.8. The van der Waals surface area contributed by atoms with Crippen molar-refractivity contribution in [2.24, 2.45) is 0 Å². The Balaban J connectivity index is 2.17. The molecule has 4 heteroatoms. The topological polar surface area (TPSA) is 52.6 Å². The second-order valence-corrected chi connectivity index (χ2v) is 5.88. The lowest BCUT2D eigenvalue weighted by molar-refractivity contribution is -0.144. The lowest BCUT2D eigenvalue weighted by Gasteiger charge is -2.08. The largest absolute Gasteiger partial charge is 0.466 e. The van der Waals surface area contributed by atoms with Gasteiger partial charge in [-0.2, -0.15) is 0 Å². The molecule has 23 heavy (non-hydrogen) atoms. The first kappa shape index (κ1) is 19.2. The van der Waals surface area contributed by atoms with Gasteiger partial charge >= 0.3 is 11.9 Å². The summed E-state index contributed by atoms with van der Waals surface area (Å²) < 4.78 is 10.5. The fraction of sp³-hybridized carbons (Fsp3) is 0.579. The number of benzene rings is 1. The summed E-state index contributed by atoms with van der Waals surface area (Å²) >= 11 is 0. The summed E-state index contributed by atoms with van der Waals surface area (Å²) in [5.74, 6) is 0.185. The maximum atomic E-state index is 11.8. The number of hydrogen-bond donors (Lipinski definition) is 0. The summed E-state index contributed by atoms with van der Waals surface area (Å²) in [4.78, 5) is 23.3. The summed E-state index contributed by atoms with van der Waals surface area (Å²) in [6, 6.07) is 5.78. The molecule has 0 heterocycles. The van der Waals surface area contributed by atoms with E-state index in [0.29, 0.717) is 38.0 Å². The quantitative estimate of drug-likeness (QED) is 0.362. The average Bonchev–Trinajstić information content (AvgIpc) is 2.52. The minimum Gasteiger partial charge on any atom is -0.466 e. The van der Waals surface area contributed by atoms with Gasteiger partial charge in [-0.15, -0.1) is 0 Å². The van der Waals surface area contributed by atoms with E-state index in [9.17, 15) is 9.59 Å². The first-order valence-corrected chi connectivity index (χ1v) is 8.46. The fourth-order valence-corrected chi connectivity index (χ4v) is 2.14. The number of ether oxygens (including phenoxy) is 2. The smallest absolute Gasteiger partial charge is 0.311 e. The van der Waals surface area contributed by atoms with Gasteiger partial charge in [0, 0.05) is 12.8 Å². The van der Waals surface area contributed by atoms with Crippen molar-refractivity contribution in [3.8, 4) is 5.75 Å². The molecule has 128 valence electrons. The van der Waals surface area contributed by atoms with Gasteiger partial charge < -0.3 is 9.47 Å². The summed E-state index contributed by atoms with van der Waals surface area (Å²) in [6.07, 6.45) is 5.07. The van der Waals surface area contributed by atoms with Crippen LogP contribution in [0.4, 0.5) is 0 Å². The number of carbonyl (C=O) groups excluding carboxylic acids is 2. The van der Waals surface area contributed by atoms with E-state index >= 15 is 0 Å². The molecule has 0 aliphatic heterocycles. The normalized spacial score (nSPS) is 10.4. The molecule has 0 unspecified atom stereocenters. The molecule has 1 rings (SSSR count). The number of hydrogen-bond acceptors (Lipinski definition) is 4. The van der Waals surface area contributed by atoms with Crippen molar-refractivity contribution in [2.45, 2.75) is 65.7 Å². The molecule has 0 aliphatic rings. The van der Waals surface area contributed by atoms with Crippen LogP contribution in [-0.2, 0) is 14.3 Å². The van der Waals surface area contributed by atoms with E-state index < -0.39 is 0 Å². The van der Waals surface area contributed by atoms with Crippen LogP contribution in [0.3, 0.4) is 0 Å². The average molecular weight is 320 g/mol. The van der Waals surface area contributed by atoms with Gasteiger partial charge in [0.2, 0.25) is 0 Å². The van der Waals surface area contributed by atoms with Gasteiger partial charge in [0.25, 0.3) is 0 Å². The van der Waals surface area contributed by atoms with Gasteiger partial charge in [0.1, 0.15) is 5.75 Å². The van der Waals surface area contributed by atoms with Crippen LogP contribution in [0.25, 0.3) is 0 Å². The highest BCUT2D eigenvalue weighted by Gasteiger charge is 2.09. The maximum absolute atomic E-state index is 11.8. The first-order valence-electron chi connectivity index (χ1n) is 8.46.